The number of hydrogen-bond donors (Lipinski definition) is 1. The molecule has 1 aliphatic rings. The third-order valence-electron chi connectivity index (χ3n) is 6.54. The monoisotopic (exact) mass is 485 g/mol. The first-order valence-electron chi connectivity index (χ1n) is 11.7. The Labute approximate surface area is 203 Å². The molecular formula is C26H35N3O4S. The molecule has 1 fully saturated rings. The standard InChI is InChI=1S/C26H35N3O4S/c1-18-15-19(2)25(20(3)16-18)27-24(30)17-28(4)26(31)21-11-13-23(14-12-21)34(32,33)29(5)22-9-7-6-8-10-22/h11-16,22H,6-10,17H2,1-5H3,(H,27,30). The van der Waals surface area contributed by atoms with Crippen LogP contribution in [-0.2, 0) is 14.8 Å². The van der Waals surface area contributed by atoms with Gasteiger partial charge in [0.05, 0.1) is 11.4 Å². The zero-order valence-corrected chi connectivity index (χ0v) is 21.5. The number of sulfonamides is 1. The minimum atomic E-state index is -3.62. The van der Waals surface area contributed by atoms with Crippen LogP contribution in [0.25, 0.3) is 0 Å². The lowest BCUT2D eigenvalue weighted by Crippen LogP contribution is -2.38. The minimum absolute atomic E-state index is 0.0190. The van der Waals surface area contributed by atoms with Gasteiger partial charge in [0.2, 0.25) is 15.9 Å². The summed E-state index contributed by atoms with van der Waals surface area (Å²) in [6, 6.07) is 9.96. The van der Waals surface area contributed by atoms with Gasteiger partial charge in [0, 0.05) is 31.4 Å². The van der Waals surface area contributed by atoms with E-state index in [1.165, 1.54) is 33.5 Å². The highest BCUT2D eigenvalue weighted by Gasteiger charge is 2.29. The maximum Gasteiger partial charge on any atom is 0.254 e. The SMILES string of the molecule is Cc1cc(C)c(NC(=O)CN(C)C(=O)c2ccc(S(=O)(=O)N(C)C3CCCCC3)cc2)c(C)c1. The number of anilines is 1. The van der Waals surface area contributed by atoms with Gasteiger partial charge in [-0.15, -0.1) is 0 Å². The van der Waals surface area contributed by atoms with Crippen molar-refractivity contribution < 1.29 is 18.0 Å². The number of nitrogens with one attached hydrogen (secondary N) is 1. The van der Waals surface area contributed by atoms with Gasteiger partial charge in [-0.25, -0.2) is 8.42 Å². The van der Waals surface area contributed by atoms with E-state index < -0.39 is 10.0 Å². The van der Waals surface area contributed by atoms with Gasteiger partial charge in [-0.2, -0.15) is 4.31 Å². The molecule has 0 spiro atoms. The molecule has 0 atom stereocenters. The molecule has 0 heterocycles. The molecule has 2 aromatic carbocycles. The van der Waals surface area contributed by atoms with Gasteiger partial charge in [-0.1, -0.05) is 37.0 Å². The normalized spacial score (nSPS) is 14.8. The van der Waals surface area contributed by atoms with Crippen LogP contribution in [0.5, 0.6) is 0 Å². The van der Waals surface area contributed by atoms with E-state index in [2.05, 4.69) is 5.32 Å². The van der Waals surface area contributed by atoms with Crippen molar-refractivity contribution in [1.82, 2.24) is 9.21 Å². The van der Waals surface area contributed by atoms with Crippen LogP contribution < -0.4 is 5.32 Å². The van der Waals surface area contributed by atoms with Crippen molar-refractivity contribution in [2.24, 2.45) is 0 Å². The van der Waals surface area contributed by atoms with E-state index in [1.807, 2.05) is 32.9 Å². The molecule has 0 saturated heterocycles. The van der Waals surface area contributed by atoms with Gasteiger partial charge < -0.3 is 10.2 Å². The lowest BCUT2D eigenvalue weighted by atomic mass is 9.96. The third-order valence-corrected chi connectivity index (χ3v) is 8.46. The number of nitrogens with zero attached hydrogens (tertiary/aromatic N) is 2. The molecule has 3 rings (SSSR count). The predicted molar refractivity (Wildman–Crippen MR) is 135 cm³/mol. The Morgan fingerprint density at radius 3 is 2.06 bits per heavy atom. The van der Waals surface area contributed by atoms with Crippen LogP contribution in [0.15, 0.2) is 41.3 Å². The van der Waals surface area contributed by atoms with Crippen LogP contribution in [0.2, 0.25) is 0 Å². The molecule has 8 heteroatoms. The summed E-state index contributed by atoms with van der Waals surface area (Å²) in [6.45, 7) is 5.76. The van der Waals surface area contributed by atoms with Gasteiger partial charge in [-0.3, -0.25) is 9.59 Å². The van der Waals surface area contributed by atoms with Gasteiger partial charge in [-0.05, 0) is 69.0 Å². The van der Waals surface area contributed by atoms with Crippen LogP contribution in [0.4, 0.5) is 5.69 Å². The smallest absolute Gasteiger partial charge is 0.254 e. The second-order valence-corrected chi connectivity index (χ2v) is 11.3. The average Bonchev–Trinajstić information content (AvgIpc) is 2.81. The molecule has 0 aliphatic heterocycles. The summed E-state index contributed by atoms with van der Waals surface area (Å²) in [5, 5.41) is 2.90. The third kappa shape index (κ3) is 5.85. The van der Waals surface area contributed by atoms with E-state index in [-0.39, 0.29) is 29.3 Å². The first-order valence-corrected chi connectivity index (χ1v) is 13.2. The van der Waals surface area contributed by atoms with E-state index >= 15 is 0 Å². The maximum atomic E-state index is 13.0. The van der Waals surface area contributed by atoms with Gasteiger partial charge >= 0.3 is 0 Å². The summed E-state index contributed by atoms with van der Waals surface area (Å²) < 4.78 is 27.5. The lowest BCUT2D eigenvalue weighted by molar-refractivity contribution is -0.116. The Bertz CT molecular complexity index is 1130. The van der Waals surface area contributed by atoms with E-state index in [0.29, 0.717) is 5.56 Å². The topological polar surface area (TPSA) is 86.8 Å². The number of aryl methyl sites for hydroxylation is 3. The highest BCUT2D eigenvalue weighted by Crippen LogP contribution is 2.27. The van der Waals surface area contributed by atoms with E-state index in [1.54, 1.807) is 14.1 Å². The second-order valence-electron chi connectivity index (χ2n) is 9.32. The molecule has 34 heavy (non-hydrogen) atoms. The molecule has 0 aromatic heterocycles. The minimum Gasteiger partial charge on any atom is -0.332 e. The molecule has 1 N–H and O–H groups in total. The second kappa shape index (κ2) is 10.7. The van der Waals surface area contributed by atoms with Gasteiger partial charge in [0.25, 0.3) is 5.91 Å². The van der Waals surface area contributed by atoms with Crippen LogP contribution in [0.1, 0.15) is 59.2 Å². The van der Waals surface area contributed by atoms with Crippen molar-refractivity contribution in [2.75, 3.05) is 26.0 Å². The van der Waals surface area contributed by atoms with Gasteiger partial charge in [0.1, 0.15) is 0 Å². The summed E-state index contributed by atoms with van der Waals surface area (Å²) in [5.41, 5.74) is 4.14. The molecule has 2 aromatic rings. The van der Waals surface area contributed by atoms with Crippen molar-refractivity contribution in [1.29, 1.82) is 0 Å². The quantitative estimate of drug-likeness (QED) is 0.634. The average molecular weight is 486 g/mol. The van der Waals surface area contributed by atoms with E-state index in [0.717, 1.165) is 54.5 Å². The summed E-state index contributed by atoms with van der Waals surface area (Å²) >= 11 is 0. The van der Waals surface area contributed by atoms with Crippen LogP contribution >= 0.6 is 0 Å². The number of carbonyl (C=O) groups excluding carboxylic acids is 2. The van der Waals surface area contributed by atoms with Crippen molar-refractivity contribution in [2.45, 2.75) is 63.8 Å². The fourth-order valence-corrected chi connectivity index (χ4v) is 6.06. The van der Waals surface area contributed by atoms with Crippen molar-refractivity contribution in [3.63, 3.8) is 0 Å². The zero-order chi connectivity index (χ0) is 25.0. The van der Waals surface area contributed by atoms with Gasteiger partial charge in [0.15, 0.2) is 0 Å². The summed E-state index contributed by atoms with van der Waals surface area (Å²) in [5.74, 6) is -0.642. The molecule has 1 aliphatic carbocycles. The van der Waals surface area contributed by atoms with E-state index in [4.69, 9.17) is 0 Å². The van der Waals surface area contributed by atoms with Crippen molar-refractivity contribution in [3.05, 3.63) is 58.7 Å². The van der Waals surface area contributed by atoms with Crippen molar-refractivity contribution in [3.8, 4) is 0 Å². The molecule has 0 bridgehead atoms. The molecular weight excluding hydrogens is 450 g/mol. The highest BCUT2D eigenvalue weighted by atomic mass is 32.2. The van der Waals surface area contributed by atoms with Crippen LogP contribution in [-0.4, -0.2) is 56.1 Å². The number of amides is 2. The first-order chi connectivity index (χ1) is 16.0. The largest absolute Gasteiger partial charge is 0.332 e. The molecule has 0 radical (unpaired) electrons. The van der Waals surface area contributed by atoms with Crippen LogP contribution in [0, 0.1) is 20.8 Å². The maximum absolute atomic E-state index is 13.0. The predicted octanol–water partition coefficient (Wildman–Crippen LogP) is 4.28. The molecule has 1 saturated carbocycles. The number of hydrogen-bond acceptors (Lipinski definition) is 4. The molecule has 2 amide bonds. The highest BCUT2D eigenvalue weighted by molar-refractivity contribution is 7.89. The molecule has 7 nitrogen and oxygen atoms in total. The Morgan fingerprint density at radius 1 is 0.941 bits per heavy atom. The number of benzene rings is 2. The van der Waals surface area contributed by atoms with E-state index in [9.17, 15) is 18.0 Å². The Kier molecular flexibility index (Phi) is 8.15. The van der Waals surface area contributed by atoms with Crippen molar-refractivity contribution >= 4 is 27.5 Å². The fourth-order valence-electron chi connectivity index (χ4n) is 4.64. The summed E-state index contributed by atoms with van der Waals surface area (Å²) in [4.78, 5) is 26.9. The molecule has 184 valence electrons. The number of carbonyl (C=O) groups is 2. The number of rotatable bonds is 7. The Morgan fingerprint density at radius 2 is 1.50 bits per heavy atom. The lowest BCUT2D eigenvalue weighted by Gasteiger charge is -2.30. The first kappa shape index (κ1) is 25.9. The summed E-state index contributed by atoms with van der Waals surface area (Å²) in [6.07, 6.45) is 4.99. The molecule has 0 unspecified atom stereocenters. The zero-order valence-electron chi connectivity index (χ0n) is 20.7. The fraction of sp³-hybridized carbons (Fsp3) is 0.462. The summed E-state index contributed by atoms with van der Waals surface area (Å²) in [7, 11) is -0.435. The Hall–Kier alpha value is -2.71. The Balaban J connectivity index is 1.65. The number of likely N-dealkylation sites (N-methyl/N-ethyl adjacent to an activating group) is 1. The van der Waals surface area contributed by atoms with Crippen LogP contribution in [0.3, 0.4) is 0 Å².